The molecule has 0 aromatic rings. The summed E-state index contributed by atoms with van der Waals surface area (Å²) in [6, 6.07) is -8.49. The molecule has 0 aromatic heterocycles. The highest BCUT2D eigenvalue weighted by Crippen LogP contribution is 2.26. The van der Waals surface area contributed by atoms with Crippen LogP contribution in [0.2, 0.25) is 0 Å². The number of hydrogen-bond acceptors (Lipinski definition) is 18. The summed E-state index contributed by atoms with van der Waals surface area (Å²) in [5.41, 5.74) is 0. The first-order valence-electron chi connectivity index (χ1n) is 23.6. The average Bonchev–Trinajstić information content (AvgIpc) is 4.20. The minimum absolute atomic E-state index is 0.164. The van der Waals surface area contributed by atoms with E-state index in [0.29, 0.717) is 38.8 Å². The maximum absolute atomic E-state index is 14.1. The summed E-state index contributed by atoms with van der Waals surface area (Å²) in [6.45, 7) is -0.430. The van der Waals surface area contributed by atoms with Gasteiger partial charge in [-0.15, -0.1) is 0 Å². The van der Waals surface area contributed by atoms with Gasteiger partial charge in [-0.25, -0.2) is 9.59 Å². The van der Waals surface area contributed by atoms with Crippen molar-refractivity contribution < 1.29 is 67.7 Å². The lowest BCUT2D eigenvalue weighted by Gasteiger charge is -2.26. The predicted molar refractivity (Wildman–Crippen MR) is 266 cm³/mol. The van der Waals surface area contributed by atoms with Crippen molar-refractivity contribution in [2.75, 3.05) is 89.5 Å². The molecule has 8 atom stereocenters. The molecule has 5 fully saturated rings. The second kappa shape index (κ2) is 28.4. The summed E-state index contributed by atoms with van der Waals surface area (Å²) in [4.78, 5) is 164. The third kappa shape index (κ3) is 17.0. The van der Waals surface area contributed by atoms with E-state index in [2.05, 4.69) is 42.5 Å². The normalized spacial score (nSPS) is 26.9. The molecule has 0 bridgehead atoms. The van der Waals surface area contributed by atoms with E-state index in [0.717, 1.165) is 65.8 Å². The van der Waals surface area contributed by atoms with Crippen molar-refractivity contribution in [3.05, 3.63) is 0 Å². The highest BCUT2D eigenvalue weighted by atomic mass is 33.1. The summed E-state index contributed by atoms with van der Waals surface area (Å²) in [5, 5.41) is 39.7. The molecule has 72 heavy (non-hydrogen) atoms. The number of carboxylic acids is 2. The largest absolute Gasteiger partial charge is 0.480 e. The van der Waals surface area contributed by atoms with Gasteiger partial charge in [0.05, 0.1) is 38.3 Å². The number of carboxylic acid groups (broad SMARTS) is 2. The smallest absolute Gasteiger partial charge is 0.326 e. The van der Waals surface area contributed by atoms with Gasteiger partial charge in [-0.1, -0.05) is 43.2 Å². The van der Waals surface area contributed by atoms with Crippen LogP contribution in [0.5, 0.6) is 0 Å². The van der Waals surface area contributed by atoms with Gasteiger partial charge in [0.25, 0.3) is 0 Å². The lowest BCUT2D eigenvalue weighted by molar-refractivity contribution is -0.148. The summed E-state index contributed by atoms with van der Waals surface area (Å²) < 4.78 is 0. The van der Waals surface area contributed by atoms with E-state index in [9.17, 15) is 67.7 Å². The zero-order valence-corrected chi connectivity index (χ0v) is 43.2. The third-order valence-electron chi connectivity index (χ3n) is 12.7. The molecule has 5 saturated heterocycles. The van der Waals surface area contributed by atoms with Crippen molar-refractivity contribution in [3.63, 3.8) is 0 Å². The fraction of sp³-hybridized carbons (Fsp3) is 0.714. The molecule has 0 aliphatic carbocycles. The lowest BCUT2D eigenvalue weighted by Crippen LogP contribution is -2.58. The molecule has 5 rings (SSSR count). The van der Waals surface area contributed by atoms with Crippen LogP contribution in [-0.2, 0) is 57.5 Å². The lowest BCUT2D eigenvalue weighted by atomic mass is 10.2. The minimum atomic E-state index is -1.39. The van der Waals surface area contributed by atoms with Crippen molar-refractivity contribution in [3.8, 4) is 0 Å². The van der Waals surface area contributed by atoms with Gasteiger partial charge in [0.1, 0.15) is 36.3 Å². The van der Waals surface area contributed by atoms with Crippen molar-refractivity contribution in [1.82, 2.24) is 62.1 Å². The van der Waals surface area contributed by atoms with Gasteiger partial charge in [0.15, 0.2) is 0 Å². The first-order chi connectivity index (χ1) is 34.3. The number of amides is 10. The van der Waals surface area contributed by atoms with Gasteiger partial charge in [0, 0.05) is 36.1 Å². The van der Waals surface area contributed by atoms with E-state index in [1.54, 1.807) is 14.1 Å². The van der Waals surface area contributed by atoms with E-state index >= 15 is 0 Å². The summed E-state index contributed by atoms with van der Waals surface area (Å²) in [5.74, 6) is -10.1. The number of nitrogens with one attached hydrogen (secondary N) is 8. The molecule has 0 spiro atoms. The van der Waals surface area contributed by atoms with Crippen molar-refractivity contribution >= 4 is 114 Å². The van der Waals surface area contributed by atoms with Crippen LogP contribution in [0.25, 0.3) is 0 Å². The summed E-state index contributed by atoms with van der Waals surface area (Å²) in [6.07, 6.45) is 4.16. The van der Waals surface area contributed by atoms with Gasteiger partial charge < -0.3 is 62.5 Å². The van der Waals surface area contributed by atoms with Gasteiger partial charge in [-0.2, -0.15) is 0 Å². The van der Waals surface area contributed by atoms with E-state index < -0.39 is 134 Å². The second-order valence-corrected chi connectivity index (χ2v) is 22.9. The van der Waals surface area contributed by atoms with E-state index in [4.69, 9.17) is 0 Å². The fourth-order valence-electron chi connectivity index (χ4n) is 8.70. The third-order valence-corrected chi connectivity index (χ3v) is 17.6. The molecule has 0 aromatic carbocycles. The maximum Gasteiger partial charge on any atom is 0.326 e. The molecule has 0 saturated carbocycles. The Balaban J connectivity index is 1.33. The number of carbonyl (C=O) groups is 12. The zero-order chi connectivity index (χ0) is 52.5. The van der Waals surface area contributed by atoms with E-state index in [-0.39, 0.29) is 60.8 Å². The number of likely N-dealkylation sites (tertiary alicyclic amines) is 4. The molecule has 400 valence electrons. The Kier molecular flexibility index (Phi) is 22.8. The number of nitrogens with zero attached hydrogens (tertiary/aromatic N) is 4. The Morgan fingerprint density at radius 1 is 0.486 bits per heavy atom. The monoisotopic (exact) mass is 1090 g/mol. The Bertz CT molecular complexity index is 1920. The molecule has 10 amide bonds. The van der Waals surface area contributed by atoms with Crippen molar-refractivity contribution in [2.45, 2.75) is 99.7 Å². The number of hydrogen-bond donors (Lipinski definition) is 10. The Hall–Kier alpha value is -5.04. The Morgan fingerprint density at radius 2 is 0.819 bits per heavy atom. The van der Waals surface area contributed by atoms with E-state index in [1.807, 2.05) is 9.80 Å². The van der Waals surface area contributed by atoms with Crippen LogP contribution >= 0.6 is 43.2 Å². The topological polar surface area (TPSA) is 354 Å². The highest BCUT2D eigenvalue weighted by molar-refractivity contribution is 8.77. The molecule has 5 heterocycles. The molecule has 0 unspecified atom stereocenters. The van der Waals surface area contributed by atoms with Gasteiger partial charge in [0.2, 0.25) is 59.1 Å². The highest BCUT2D eigenvalue weighted by Gasteiger charge is 2.37. The predicted octanol–water partition coefficient (Wildman–Crippen LogP) is -4.49. The summed E-state index contributed by atoms with van der Waals surface area (Å²) in [7, 11) is 7.51. The van der Waals surface area contributed by atoms with Crippen LogP contribution in [-0.4, -0.2) is 239 Å². The second-order valence-electron chi connectivity index (χ2n) is 17.8. The van der Waals surface area contributed by atoms with Gasteiger partial charge >= 0.3 is 11.9 Å². The standard InChI is InChI=1S/C42H64N12O14S4/c1-51-11-3-7-27(51)39(63)43-15-31(55)47-25-21-71-72-22-26(48-32(56)16-44-40(64)28-8-4-12-52(28)2)38(62)50-24(36(60)46-18-34(58)54-14-6-10-30(54)42(67)68)20-70-69-19-23(49-37(25)61)35(59)45-17-33(57)53-13-5-9-29(53)41(65)66/h23-30H,3-22H2,1-2H3,(H,43,63)(H,44,64)(H,45,59)(H,46,60)(H,47,55)(H,48,56)(H,49,61)(H,50,62)(H,65,66)(H,67,68)/t23-,24-,25-,26-,27-,28-,29-,30-/m0/s1. The van der Waals surface area contributed by atoms with Crippen LogP contribution in [0.3, 0.4) is 0 Å². The maximum atomic E-state index is 14.1. The average molecular weight is 1090 g/mol. The summed E-state index contributed by atoms with van der Waals surface area (Å²) >= 11 is 0. The van der Waals surface area contributed by atoms with Crippen LogP contribution in [0, 0.1) is 0 Å². The molecule has 10 N–H and O–H groups in total. The molecule has 0 radical (unpaired) electrons. The van der Waals surface area contributed by atoms with Crippen LogP contribution < -0.4 is 42.5 Å². The van der Waals surface area contributed by atoms with Crippen LogP contribution in [0.15, 0.2) is 0 Å². The number of likely N-dealkylation sites (N-methyl/N-ethyl adjacent to an activating group) is 2. The molecular formula is C42H64N12O14S4. The molecule has 5 aliphatic rings. The first kappa shape index (κ1) is 57.9. The van der Waals surface area contributed by atoms with E-state index in [1.165, 1.54) is 0 Å². The van der Waals surface area contributed by atoms with Gasteiger partial charge in [-0.3, -0.25) is 57.7 Å². The SMILES string of the molecule is CN1CCC[C@H]1C(=O)NCC(=O)N[C@H]1CSSC[C@H](NC(=O)CNC(=O)[C@@H]2CCCN2C)C(=O)N[C@H](C(=O)NCC(=O)N2CCC[C@H]2C(=O)O)CSSC[C@@H](C(=O)NCC(=O)N2CCC[C@H]2C(=O)O)NC1=O. The first-order valence-corrected chi connectivity index (χ1v) is 28.6. The van der Waals surface area contributed by atoms with Crippen LogP contribution in [0.4, 0.5) is 0 Å². The number of carbonyl (C=O) groups excluding carboxylic acids is 10. The van der Waals surface area contributed by atoms with Crippen molar-refractivity contribution in [1.29, 1.82) is 0 Å². The molecular weight excluding hydrogens is 1020 g/mol. The molecule has 26 nitrogen and oxygen atoms in total. The Labute approximate surface area is 431 Å². The number of rotatable bonds is 16. The minimum Gasteiger partial charge on any atom is -0.480 e. The quantitative estimate of drug-likeness (QED) is 0.0652. The number of aliphatic carboxylic acids is 2. The fourth-order valence-corrected chi connectivity index (χ4v) is 13.4. The molecule has 30 heteroatoms. The Morgan fingerprint density at radius 3 is 1.17 bits per heavy atom. The molecule has 5 aliphatic heterocycles. The van der Waals surface area contributed by atoms with Gasteiger partial charge in [-0.05, 0) is 78.6 Å². The van der Waals surface area contributed by atoms with Crippen LogP contribution in [0.1, 0.15) is 51.4 Å². The van der Waals surface area contributed by atoms with Crippen molar-refractivity contribution in [2.24, 2.45) is 0 Å². The zero-order valence-electron chi connectivity index (χ0n) is 40.0.